The molecule has 0 heterocycles. The molecular weight excluding hydrogens is 276 g/mol. The maximum absolute atomic E-state index is 10.0. The molecule has 2 atom stereocenters. The Labute approximate surface area is 132 Å². The molecule has 0 bridgehead atoms. The van der Waals surface area contributed by atoms with Crippen LogP contribution in [0.2, 0.25) is 0 Å². The summed E-state index contributed by atoms with van der Waals surface area (Å²) in [4.78, 5) is 0. The first kappa shape index (κ1) is 16.7. The average molecular weight is 300 g/mol. The summed E-state index contributed by atoms with van der Waals surface area (Å²) >= 11 is 0. The molecule has 3 heteroatoms. The Hall–Kier alpha value is -1.68. The second kappa shape index (κ2) is 9.36. The van der Waals surface area contributed by atoms with E-state index in [2.05, 4.69) is 12.1 Å². The summed E-state index contributed by atoms with van der Waals surface area (Å²) in [6, 6.07) is 20.1. The van der Waals surface area contributed by atoms with E-state index < -0.39 is 6.10 Å². The lowest BCUT2D eigenvalue weighted by Gasteiger charge is -2.19. The van der Waals surface area contributed by atoms with Crippen LogP contribution in [0, 0.1) is 0 Å². The van der Waals surface area contributed by atoms with Gasteiger partial charge in [0.15, 0.2) is 0 Å². The van der Waals surface area contributed by atoms with E-state index in [1.165, 1.54) is 5.56 Å². The fourth-order valence-electron chi connectivity index (χ4n) is 2.09. The summed E-state index contributed by atoms with van der Waals surface area (Å²) in [5.74, 6) is 0. The van der Waals surface area contributed by atoms with Gasteiger partial charge >= 0.3 is 0 Å². The van der Waals surface area contributed by atoms with Crippen molar-refractivity contribution in [1.29, 1.82) is 0 Å². The first-order valence-electron chi connectivity index (χ1n) is 7.71. The van der Waals surface area contributed by atoms with Crippen molar-refractivity contribution in [2.24, 2.45) is 0 Å². The van der Waals surface area contributed by atoms with Crippen LogP contribution in [0.15, 0.2) is 60.7 Å². The van der Waals surface area contributed by atoms with Crippen molar-refractivity contribution >= 4 is 0 Å². The van der Waals surface area contributed by atoms with E-state index >= 15 is 0 Å². The van der Waals surface area contributed by atoms with Gasteiger partial charge in [-0.15, -0.1) is 0 Å². The molecule has 0 saturated heterocycles. The van der Waals surface area contributed by atoms with Crippen LogP contribution in [0.25, 0.3) is 0 Å². The molecule has 0 aromatic heterocycles. The van der Waals surface area contributed by atoms with Crippen LogP contribution in [0.1, 0.15) is 18.1 Å². The van der Waals surface area contributed by atoms with Crippen molar-refractivity contribution < 1.29 is 14.6 Å². The lowest BCUT2D eigenvalue weighted by atomic mass is 10.2. The minimum Gasteiger partial charge on any atom is -0.388 e. The van der Waals surface area contributed by atoms with Crippen molar-refractivity contribution in [3.8, 4) is 0 Å². The first-order chi connectivity index (χ1) is 10.8. The van der Waals surface area contributed by atoms with Gasteiger partial charge in [0.2, 0.25) is 0 Å². The third-order valence-corrected chi connectivity index (χ3v) is 3.56. The zero-order chi connectivity index (χ0) is 15.6. The molecule has 0 aliphatic heterocycles. The van der Waals surface area contributed by atoms with E-state index in [9.17, 15) is 5.11 Å². The predicted octanol–water partition coefficient (Wildman–Crippen LogP) is 3.21. The molecule has 0 aliphatic carbocycles. The molecule has 22 heavy (non-hydrogen) atoms. The quantitative estimate of drug-likeness (QED) is 0.723. The molecule has 1 N–H and O–H groups in total. The van der Waals surface area contributed by atoms with Gasteiger partial charge in [-0.05, 0) is 24.5 Å². The van der Waals surface area contributed by atoms with Crippen molar-refractivity contribution in [2.45, 2.75) is 32.2 Å². The highest BCUT2D eigenvalue weighted by molar-refractivity contribution is 5.14. The Bertz CT molecular complexity index is 513. The van der Waals surface area contributed by atoms with E-state index in [4.69, 9.17) is 9.47 Å². The third-order valence-electron chi connectivity index (χ3n) is 3.56. The molecule has 0 radical (unpaired) electrons. The number of aliphatic hydroxyl groups is 1. The largest absolute Gasteiger partial charge is 0.388 e. The number of hydrogen-bond donors (Lipinski definition) is 1. The van der Waals surface area contributed by atoms with Crippen LogP contribution >= 0.6 is 0 Å². The third kappa shape index (κ3) is 5.98. The Balaban J connectivity index is 1.61. The van der Waals surface area contributed by atoms with Crippen LogP contribution in [0.4, 0.5) is 0 Å². The van der Waals surface area contributed by atoms with Crippen LogP contribution in [-0.2, 0) is 22.5 Å². The van der Waals surface area contributed by atoms with Crippen LogP contribution in [-0.4, -0.2) is 30.5 Å². The van der Waals surface area contributed by atoms with E-state index in [0.717, 1.165) is 12.0 Å². The molecule has 0 spiro atoms. The van der Waals surface area contributed by atoms with Gasteiger partial charge in [0.1, 0.15) is 6.10 Å². The van der Waals surface area contributed by atoms with Crippen molar-refractivity contribution in [3.05, 3.63) is 71.8 Å². The predicted molar refractivity (Wildman–Crippen MR) is 87.7 cm³/mol. The number of rotatable bonds is 9. The highest BCUT2D eigenvalue weighted by Crippen LogP contribution is 2.07. The standard InChI is InChI=1S/C19H24O3/c1-16(22-14-18-10-6-3-7-11-18)19(20)15-21-13-12-17-8-4-2-5-9-17/h2-11,16,19-20H,12-15H2,1H3/t16-,19-/m0/s1. The smallest absolute Gasteiger partial charge is 0.103 e. The highest BCUT2D eigenvalue weighted by atomic mass is 16.5. The average Bonchev–Trinajstić information content (AvgIpc) is 2.58. The summed E-state index contributed by atoms with van der Waals surface area (Å²) in [6.45, 7) is 3.27. The molecule has 2 aromatic rings. The summed E-state index contributed by atoms with van der Waals surface area (Å²) in [6.07, 6.45) is -0.0104. The SMILES string of the molecule is C[C@H](OCc1ccccc1)[C@@H](O)COCCc1ccccc1. The van der Waals surface area contributed by atoms with Gasteiger partial charge < -0.3 is 14.6 Å². The molecule has 0 amide bonds. The number of aliphatic hydroxyl groups excluding tert-OH is 1. The molecule has 3 nitrogen and oxygen atoms in total. The number of ether oxygens (including phenoxy) is 2. The normalized spacial score (nSPS) is 13.7. The summed E-state index contributed by atoms with van der Waals surface area (Å²) in [5, 5.41) is 10.0. The van der Waals surface area contributed by atoms with Crippen LogP contribution in [0.3, 0.4) is 0 Å². The maximum atomic E-state index is 10.0. The Kier molecular flexibility index (Phi) is 7.10. The topological polar surface area (TPSA) is 38.7 Å². The maximum Gasteiger partial charge on any atom is 0.103 e. The summed E-state index contributed by atoms with van der Waals surface area (Å²) in [7, 11) is 0. The molecule has 0 fully saturated rings. The van der Waals surface area contributed by atoms with Gasteiger partial charge in [-0.1, -0.05) is 60.7 Å². The van der Waals surface area contributed by atoms with Gasteiger partial charge in [0.25, 0.3) is 0 Å². The van der Waals surface area contributed by atoms with Crippen molar-refractivity contribution in [2.75, 3.05) is 13.2 Å². The van der Waals surface area contributed by atoms with E-state index in [1.807, 2.05) is 55.5 Å². The minimum absolute atomic E-state index is 0.253. The second-order valence-corrected chi connectivity index (χ2v) is 5.38. The van der Waals surface area contributed by atoms with Gasteiger partial charge in [0.05, 0.1) is 25.9 Å². The molecule has 0 aliphatic rings. The van der Waals surface area contributed by atoms with E-state index in [-0.39, 0.29) is 6.10 Å². The van der Waals surface area contributed by atoms with Gasteiger partial charge in [-0.25, -0.2) is 0 Å². The fourth-order valence-corrected chi connectivity index (χ4v) is 2.09. The van der Waals surface area contributed by atoms with Crippen molar-refractivity contribution in [1.82, 2.24) is 0 Å². The van der Waals surface area contributed by atoms with Gasteiger partial charge in [-0.3, -0.25) is 0 Å². The highest BCUT2D eigenvalue weighted by Gasteiger charge is 2.14. The summed E-state index contributed by atoms with van der Waals surface area (Å²) in [5.41, 5.74) is 2.34. The number of benzene rings is 2. The Morgan fingerprint density at radius 3 is 2.14 bits per heavy atom. The molecule has 0 saturated carbocycles. The second-order valence-electron chi connectivity index (χ2n) is 5.38. The van der Waals surface area contributed by atoms with Gasteiger partial charge in [-0.2, -0.15) is 0 Å². The van der Waals surface area contributed by atoms with Crippen molar-refractivity contribution in [3.63, 3.8) is 0 Å². The van der Waals surface area contributed by atoms with Gasteiger partial charge in [0, 0.05) is 0 Å². The summed E-state index contributed by atoms with van der Waals surface area (Å²) < 4.78 is 11.2. The fraction of sp³-hybridized carbons (Fsp3) is 0.368. The minimum atomic E-state index is -0.612. The first-order valence-corrected chi connectivity index (χ1v) is 7.71. The Morgan fingerprint density at radius 1 is 0.909 bits per heavy atom. The molecule has 2 aromatic carbocycles. The lowest BCUT2D eigenvalue weighted by molar-refractivity contribution is -0.0692. The molecule has 0 unspecified atom stereocenters. The van der Waals surface area contributed by atoms with E-state index in [1.54, 1.807) is 0 Å². The van der Waals surface area contributed by atoms with Crippen LogP contribution in [0.5, 0.6) is 0 Å². The zero-order valence-electron chi connectivity index (χ0n) is 13.0. The molecule has 2 rings (SSSR count). The Morgan fingerprint density at radius 2 is 1.50 bits per heavy atom. The molecule has 118 valence electrons. The zero-order valence-corrected chi connectivity index (χ0v) is 13.0. The van der Waals surface area contributed by atoms with Crippen LogP contribution < -0.4 is 0 Å². The molecular formula is C19H24O3. The van der Waals surface area contributed by atoms with E-state index in [0.29, 0.717) is 19.8 Å². The lowest BCUT2D eigenvalue weighted by Crippen LogP contribution is -2.30. The monoisotopic (exact) mass is 300 g/mol. The number of hydrogen-bond acceptors (Lipinski definition) is 3.